The highest BCUT2D eigenvalue weighted by Gasteiger charge is 2.62. The summed E-state index contributed by atoms with van der Waals surface area (Å²) in [5.74, 6) is 0.0693. The number of anilines is 1. The average Bonchev–Trinajstić information content (AvgIpc) is 3.39. The molecule has 32 heavy (non-hydrogen) atoms. The van der Waals surface area contributed by atoms with Crippen molar-refractivity contribution < 1.29 is 23.4 Å². The zero-order chi connectivity index (χ0) is 22.5. The standard InChI is InChI=1S/C23H16F3N3O2S/c24-23(25,26)22(31)12-19(17-6-5-14-3-1-2-4-16(14)11-17)28-29(22)21-27-20(13-32-21)15-7-9-18(30)10-8-15/h1-11,13,30-31H,12H2/t22-/m1/s1. The summed E-state index contributed by atoms with van der Waals surface area (Å²) in [6, 6.07) is 18.9. The number of nitrogens with zero attached hydrogens (tertiary/aromatic N) is 3. The average molecular weight is 455 g/mol. The van der Waals surface area contributed by atoms with Crippen LogP contribution in [0.1, 0.15) is 12.0 Å². The van der Waals surface area contributed by atoms with Gasteiger partial charge in [0.1, 0.15) is 5.75 Å². The molecule has 1 aromatic heterocycles. The van der Waals surface area contributed by atoms with E-state index in [0.717, 1.165) is 22.1 Å². The van der Waals surface area contributed by atoms with E-state index in [4.69, 9.17) is 0 Å². The molecule has 2 heterocycles. The van der Waals surface area contributed by atoms with Crippen molar-refractivity contribution in [2.45, 2.75) is 18.3 Å². The largest absolute Gasteiger partial charge is 0.508 e. The fourth-order valence-electron chi connectivity index (χ4n) is 3.62. The van der Waals surface area contributed by atoms with Crippen LogP contribution in [-0.2, 0) is 0 Å². The number of aromatic hydroxyl groups is 1. The van der Waals surface area contributed by atoms with Crippen LogP contribution < -0.4 is 5.01 Å². The molecule has 4 aromatic rings. The maximum absolute atomic E-state index is 14.0. The Bertz CT molecular complexity index is 1330. The highest BCUT2D eigenvalue weighted by atomic mass is 32.1. The van der Waals surface area contributed by atoms with Crippen LogP contribution >= 0.6 is 11.3 Å². The van der Waals surface area contributed by atoms with E-state index in [2.05, 4.69) is 10.1 Å². The lowest BCUT2D eigenvalue weighted by Crippen LogP contribution is -2.55. The van der Waals surface area contributed by atoms with Gasteiger partial charge < -0.3 is 10.2 Å². The van der Waals surface area contributed by atoms with E-state index >= 15 is 0 Å². The molecular formula is C23H16F3N3O2S. The number of halogens is 3. The van der Waals surface area contributed by atoms with Gasteiger partial charge in [-0.25, -0.2) is 4.98 Å². The minimum atomic E-state index is -4.96. The number of phenols is 1. The number of aromatic nitrogens is 1. The van der Waals surface area contributed by atoms with Crippen molar-refractivity contribution in [2.24, 2.45) is 5.10 Å². The topological polar surface area (TPSA) is 69.0 Å². The summed E-state index contributed by atoms with van der Waals surface area (Å²) in [7, 11) is 0. The van der Waals surface area contributed by atoms with E-state index in [1.165, 1.54) is 12.1 Å². The van der Waals surface area contributed by atoms with Gasteiger partial charge in [0.25, 0.3) is 5.72 Å². The number of benzene rings is 3. The molecule has 1 atom stereocenters. The monoisotopic (exact) mass is 455 g/mol. The molecule has 0 radical (unpaired) electrons. The number of aliphatic hydroxyl groups is 1. The van der Waals surface area contributed by atoms with Crippen molar-refractivity contribution in [1.82, 2.24) is 4.98 Å². The summed E-state index contributed by atoms with van der Waals surface area (Å²) >= 11 is 0.949. The number of hydrogen-bond acceptors (Lipinski definition) is 6. The molecular weight excluding hydrogens is 439 g/mol. The van der Waals surface area contributed by atoms with Gasteiger partial charge in [-0.2, -0.15) is 23.3 Å². The van der Waals surface area contributed by atoms with E-state index in [1.54, 1.807) is 29.6 Å². The molecule has 9 heteroatoms. The highest BCUT2D eigenvalue weighted by Crippen LogP contribution is 2.45. The van der Waals surface area contributed by atoms with Gasteiger partial charge in [-0.1, -0.05) is 36.4 Å². The van der Waals surface area contributed by atoms with Gasteiger partial charge >= 0.3 is 6.18 Å². The smallest absolute Gasteiger partial charge is 0.438 e. The second kappa shape index (κ2) is 7.32. The summed E-state index contributed by atoms with van der Waals surface area (Å²) < 4.78 is 41.9. The number of rotatable bonds is 3. The van der Waals surface area contributed by atoms with Crippen LogP contribution in [0.25, 0.3) is 22.0 Å². The summed E-state index contributed by atoms with van der Waals surface area (Å²) in [6.07, 6.45) is -5.68. The van der Waals surface area contributed by atoms with Crippen molar-refractivity contribution in [3.8, 4) is 17.0 Å². The fourth-order valence-corrected chi connectivity index (χ4v) is 4.47. The third-order valence-electron chi connectivity index (χ3n) is 5.36. The van der Waals surface area contributed by atoms with Crippen molar-refractivity contribution in [3.05, 3.63) is 77.7 Å². The molecule has 0 aliphatic carbocycles. The Morgan fingerprint density at radius 3 is 2.34 bits per heavy atom. The lowest BCUT2D eigenvalue weighted by molar-refractivity contribution is -0.254. The molecule has 1 aliphatic heterocycles. The molecule has 1 aliphatic rings. The lowest BCUT2D eigenvalue weighted by Gasteiger charge is -2.32. The third-order valence-corrected chi connectivity index (χ3v) is 6.17. The predicted molar refractivity (Wildman–Crippen MR) is 118 cm³/mol. The molecule has 0 unspecified atom stereocenters. The Kier molecular flexibility index (Phi) is 4.68. The Balaban J connectivity index is 1.56. The van der Waals surface area contributed by atoms with Crippen LogP contribution in [0.4, 0.5) is 18.3 Å². The zero-order valence-corrected chi connectivity index (χ0v) is 17.2. The van der Waals surface area contributed by atoms with Gasteiger partial charge in [-0.05, 0) is 46.7 Å². The number of fused-ring (bicyclic) bond motifs is 1. The number of hydrogen-bond donors (Lipinski definition) is 2. The molecule has 0 bridgehead atoms. The first-order chi connectivity index (χ1) is 15.2. The van der Waals surface area contributed by atoms with Crippen LogP contribution in [0.15, 0.2) is 77.2 Å². The van der Waals surface area contributed by atoms with E-state index < -0.39 is 18.3 Å². The van der Waals surface area contributed by atoms with Crippen LogP contribution in [-0.4, -0.2) is 32.8 Å². The third kappa shape index (κ3) is 3.39. The molecule has 162 valence electrons. The highest BCUT2D eigenvalue weighted by molar-refractivity contribution is 7.14. The van der Waals surface area contributed by atoms with Gasteiger partial charge in [0.2, 0.25) is 5.13 Å². The maximum Gasteiger partial charge on any atom is 0.438 e. The molecule has 3 aromatic carbocycles. The first-order valence-electron chi connectivity index (χ1n) is 9.65. The summed E-state index contributed by atoms with van der Waals surface area (Å²) in [4.78, 5) is 4.27. The van der Waals surface area contributed by atoms with Crippen LogP contribution in [0.3, 0.4) is 0 Å². The molecule has 0 saturated carbocycles. The second-order valence-corrected chi connectivity index (χ2v) is 8.31. The van der Waals surface area contributed by atoms with E-state index in [1.807, 2.05) is 30.3 Å². The number of alkyl halides is 3. The number of hydrazone groups is 1. The molecule has 0 amide bonds. The Hall–Kier alpha value is -3.43. The van der Waals surface area contributed by atoms with Crippen molar-refractivity contribution in [3.63, 3.8) is 0 Å². The Morgan fingerprint density at radius 2 is 1.62 bits per heavy atom. The molecule has 5 nitrogen and oxygen atoms in total. The molecule has 0 spiro atoms. The summed E-state index contributed by atoms with van der Waals surface area (Å²) in [6.45, 7) is 0. The van der Waals surface area contributed by atoms with Gasteiger partial charge in [-0.3, -0.25) is 0 Å². The number of thiazole rings is 1. The molecule has 0 fully saturated rings. The van der Waals surface area contributed by atoms with Crippen LogP contribution in [0.5, 0.6) is 5.75 Å². The van der Waals surface area contributed by atoms with E-state index in [9.17, 15) is 23.4 Å². The van der Waals surface area contributed by atoms with Crippen molar-refractivity contribution >= 4 is 33.0 Å². The fraction of sp³-hybridized carbons (Fsp3) is 0.130. The Labute approximate surface area is 184 Å². The maximum atomic E-state index is 14.0. The van der Waals surface area contributed by atoms with Gasteiger partial charge in [-0.15, -0.1) is 11.3 Å². The van der Waals surface area contributed by atoms with Crippen molar-refractivity contribution in [2.75, 3.05) is 5.01 Å². The Morgan fingerprint density at radius 1 is 0.938 bits per heavy atom. The summed E-state index contributed by atoms with van der Waals surface area (Å²) in [5, 5.41) is 28.2. The molecule has 5 rings (SSSR count). The zero-order valence-electron chi connectivity index (χ0n) is 16.4. The molecule has 0 saturated heterocycles. The number of phenolic OH excluding ortho intramolecular Hbond substituents is 1. The van der Waals surface area contributed by atoms with Gasteiger partial charge in [0, 0.05) is 10.9 Å². The minimum absolute atomic E-state index is 0.0693. The van der Waals surface area contributed by atoms with Crippen molar-refractivity contribution in [1.29, 1.82) is 0 Å². The predicted octanol–water partition coefficient (Wildman–Crippen LogP) is 5.53. The van der Waals surface area contributed by atoms with E-state index in [0.29, 0.717) is 21.8 Å². The SMILES string of the molecule is Oc1ccc(-c2csc(N3N=C(c4ccc5ccccc5c4)C[C@@]3(O)C(F)(F)F)n2)cc1. The minimum Gasteiger partial charge on any atom is -0.508 e. The normalized spacial score (nSPS) is 18.9. The van der Waals surface area contributed by atoms with Crippen LogP contribution in [0, 0.1) is 0 Å². The van der Waals surface area contributed by atoms with Gasteiger partial charge in [0.15, 0.2) is 0 Å². The molecule has 2 N–H and O–H groups in total. The summed E-state index contributed by atoms with van der Waals surface area (Å²) in [5.41, 5.74) is -1.54. The van der Waals surface area contributed by atoms with Crippen LogP contribution in [0.2, 0.25) is 0 Å². The van der Waals surface area contributed by atoms with E-state index in [-0.39, 0.29) is 16.6 Å². The lowest BCUT2D eigenvalue weighted by atomic mass is 9.98. The second-order valence-electron chi connectivity index (χ2n) is 7.47. The first kappa shape index (κ1) is 20.5. The quantitative estimate of drug-likeness (QED) is 0.426. The van der Waals surface area contributed by atoms with Gasteiger partial charge in [0.05, 0.1) is 17.8 Å². The first-order valence-corrected chi connectivity index (χ1v) is 10.5.